The lowest BCUT2D eigenvalue weighted by Gasteiger charge is -1.96. The summed E-state index contributed by atoms with van der Waals surface area (Å²) in [4.78, 5) is 27.2. The number of hydrogen-bond donors (Lipinski definition) is 0. The molecule has 0 radical (unpaired) electrons. The normalized spacial score (nSPS) is 11.2. The second-order valence-electron chi connectivity index (χ2n) is 20.1. The van der Waals surface area contributed by atoms with Crippen molar-refractivity contribution in [2.75, 3.05) is 0 Å². The number of thiophene rings is 2. The van der Waals surface area contributed by atoms with Gasteiger partial charge in [0.1, 0.15) is 21.3 Å². The van der Waals surface area contributed by atoms with E-state index in [4.69, 9.17) is 46.4 Å². The second kappa shape index (κ2) is 24.9. The molecule has 15 rings (SSSR count). The van der Waals surface area contributed by atoms with Crippen molar-refractivity contribution in [1.29, 1.82) is 0 Å². The van der Waals surface area contributed by atoms with Crippen molar-refractivity contribution in [2.24, 2.45) is 0 Å². The van der Waals surface area contributed by atoms with E-state index < -0.39 is 0 Å². The summed E-state index contributed by atoms with van der Waals surface area (Å²) in [6.45, 7) is 23.3. The van der Waals surface area contributed by atoms with Crippen LogP contribution in [-0.4, -0.2) is 24.9 Å². The van der Waals surface area contributed by atoms with Crippen LogP contribution in [0, 0.1) is 76.2 Å². The maximum atomic E-state index is 5.97. The second-order valence-corrected chi connectivity index (χ2v) is 28.5. The summed E-state index contributed by atoms with van der Waals surface area (Å²) in [5.41, 5.74) is 19.1. The topological polar surface area (TPSA) is 104 Å². The van der Waals surface area contributed by atoms with E-state index in [9.17, 15) is 0 Å². The quantitative estimate of drug-likeness (QED) is 0.168. The number of hydrogen-bond acceptors (Lipinski definition) is 15. The molecule has 0 fully saturated rings. The van der Waals surface area contributed by atoms with Crippen molar-refractivity contribution in [2.45, 2.75) is 76.2 Å². The molecule has 5 aromatic carbocycles. The average molecular weight is 1260 g/mol. The van der Waals surface area contributed by atoms with Crippen LogP contribution in [0.25, 0.3) is 103 Å². The van der Waals surface area contributed by atoms with Crippen LogP contribution >= 0.6 is 103 Å². The Morgan fingerprint density at radius 3 is 1.10 bits per heavy atom. The van der Waals surface area contributed by atoms with E-state index >= 15 is 0 Å². The standard InChI is InChI=1S/C14H13NS2.C13H10ClNOS.C13H10ClNS2.2C13H11NOS/c1-8-4-5-9(2)13-12(8)15-14(17-13)11-7-6-10(3)16-11;2*1-7-3-4-8(2)12-11(7)15-13(17-12)9-5-6-10(14)16-9;1-8-3-4-9(2)12-11(8)14-13(16-12)10-5-6-15-7-10;1-8-5-6-9(2)12-11(8)14-13(16-12)10-4-3-7-15-10/h4-7H,1-3H3;2*3-6H,1-2H3;2*3-7H,1-2H3. The Kier molecular flexibility index (Phi) is 17.5. The molecule has 0 aliphatic rings. The summed E-state index contributed by atoms with van der Waals surface area (Å²) in [5, 5.41) is 5.47. The van der Waals surface area contributed by atoms with Gasteiger partial charge in [0.25, 0.3) is 0 Å². The fourth-order valence-electron chi connectivity index (χ4n) is 9.04. The summed E-state index contributed by atoms with van der Waals surface area (Å²) in [5.74, 6) is 1.58. The maximum Gasteiger partial charge on any atom is 0.194 e. The monoisotopic (exact) mass is 1260 g/mol. The Morgan fingerprint density at radius 2 is 0.735 bits per heavy atom. The molecule has 10 aromatic heterocycles. The largest absolute Gasteiger partial charge is 0.472 e. The Bertz CT molecular complexity index is 4160. The van der Waals surface area contributed by atoms with Crippen LogP contribution in [0.4, 0.5) is 0 Å². The molecule has 0 aliphatic carbocycles. The molecule has 0 saturated carbocycles. The lowest BCUT2D eigenvalue weighted by Crippen LogP contribution is -1.78. The van der Waals surface area contributed by atoms with Crippen LogP contribution in [-0.2, 0) is 0 Å². The average Bonchev–Trinajstić information content (AvgIpc) is 4.49. The van der Waals surface area contributed by atoms with Crippen molar-refractivity contribution in [3.63, 3.8) is 0 Å². The van der Waals surface area contributed by atoms with Gasteiger partial charge in [0.05, 0.1) is 77.7 Å². The summed E-state index contributed by atoms with van der Waals surface area (Å²) in [6, 6.07) is 39.0. The predicted octanol–water partition coefficient (Wildman–Crippen LogP) is 23.4. The summed E-state index contributed by atoms with van der Waals surface area (Å²) in [7, 11) is 0. The SMILES string of the molecule is Cc1ccc(-c2nc3c(C)ccc(C)c3s2)s1.Cc1ccc(C)c2sc(-c3ccc(Cl)o3)nc12.Cc1ccc(C)c2sc(-c3ccc(Cl)s3)nc12.Cc1ccc(C)c2sc(-c3ccco3)nc12.Cc1ccc(C)c2sc(-c3ccoc3)nc12. The zero-order valence-corrected chi connectivity index (χ0v) is 54.5. The van der Waals surface area contributed by atoms with Crippen molar-refractivity contribution in [3.05, 3.63) is 204 Å². The third-order valence-corrected chi connectivity index (χ3v) is 22.5. The number of fused-ring (bicyclic) bond motifs is 5. The van der Waals surface area contributed by atoms with Gasteiger partial charge in [-0.1, -0.05) is 72.3 Å². The van der Waals surface area contributed by atoms with Crippen LogP contribution in [0.3, 0.4) is 0 Å². The number of furan rings is 3. The van der Waals surface area contributed by atoms with Crippen LogP contribution in [0.15, 0.2) is 147 Å². The molecule has 0 spiro atoms. The highest BCUT2D eigenvalue weighted by Crippen LogP contribution is 2.41. The lowest BCUT2D eigenvalue weighted by molar-refractivity contribution is 0.568. The molecule has 10 heterocycles. The molecular formula is C66H55Cl2N5O3S7. The van der Waals surface area contributed by atoms with E-state index in [1.165, 1.54) is 88.9 Å². The minimum atomic E-state index is 0.396. The smallest absolute Gasteiger partial charge is 0.194 e. The third-order valence-electron chi connectivity index (χ3n) is 13.7. The number of aromatic nitrogens is 5. The number of aryl methyl sites for hydroxylation is 11. The molecule has 0 bridgehead atoms. The van der Waals surface area contributed by atoms with Crippen LogP contribution < -0.4 is 0 Å². The van der Waals surface area contributed by atoms with Crippen molar-refractivity contribution < 1.29 is 13.3 Å². The number of benzene rings is 5. The Labute approximate surface area is 519 Å². The predicted molar refractivity (Wildman–Crippen MR) is 360 cm³/mol. The number of halogens is 2. The molecule has 8 nitrogen and oxygen atoms in total. The van der Waals surface area contributed by atoms with Gasteiger partial charge in [-0.25, -0.2) is 24.9 Å². The number of rotatable bonds is 5. The fraction of sp³-hybridized carbons (Fsp3) is 0.167. The summed E-state index contributed by atoms with van der Waals surface area (Å²) < 4.78 is 23.0. The molecule has 0 atom stereocenters. The fourth-order valence-corrected chi connectivity index (χ4v) is 16.7. The van der Waals surface area contributed by atoms with Gasteiger partial charge in [-0.05, 0) is 198 Å². The van der Waals surface area contributed by atoms with Crippen molar-refractivity contribution in [3.8, 4) is 51.9 Å². The van der Waals surface area contributed by atoms with Gasteiger partial charge in [-0.15, -0.1) is 79.4 Å². The first-order chi connectivity index (χ1) is 40.0. The van der Waals surface area contributed by atoms with E-state index in [0.29, 0.717) is 5.22 Å². The molecule has 0 N–H and O–H groups in total. The van der Waals surface area contributed by atoms with E-state index in [1.807, 2.05) is 47.7 Å². The van der Waals surface area contributed by atoms with E-state index in [-0.39, 0.29) is 0 Å². The van der Waals surface area contributed by atoms with Crippen molar-refractivity contribution >= 4 is 154 Å². The maximum absolute atomic E-state index is 5.97. The zero-order valence-electron chi connectivity index (χ0n) is 47.3. The van der Waals surface area contributed by atoms with E-state index in [2.05, 4.69) is 164 Å². The first-order valence-electron chi connectivity index (χ1n) is 26.4. The van der Waals surface area contributed by atoms with Gasteiger partial charge >= 0.3 is 0 Å². The van der Waals surface area contributed by atoms with Gasteiger partial charge < -0.3 is 13.3 Å². The molecule has 0 aliphatic heterocycles. The first-order valence-corrected chi connectivity index (χ1v) is 32.9. The van der Waals surface area contributed by atoms with Crippen LogP contribution in [0.1, 0.15) is 60.5 Å². The summed E-state index contributed by atoms with van der Waals surface area (Å²) in [6.07, 6.45) is 5.10. The molecule has 0 saturated heterocycles. The van der Waals surface area contributed by atoms with Gasteiger partial charge in [0.2, 0.25) is 0 Å². The van der Waals surface area contributed by atoms with Crippen molar-refractivity contribution in [1.82, 2.24) is 24.9 Å². The van der Waals surface area contributed by atoms with Gasteiger partial charge in [-0.3, -0.25) is 0 Å². The lowest BCUT2D eigenvalue weighted by atomic mass is 10.1. The highest BCUT2D eigenvalue weighted by atomic mass is 35.5. The molecule has 418 valence electrons. The van der Waals surface area contributed by atoms with Crippen LogP contribution in [0.2, 0.25) is 9.56 Å². The van der Waals surface area contributed by atoms with Crippen LogP contribution in [0.5, 0.6) is 0 Å². The minimum Gasteiger partial charge on any atom is -0.472 e. The molecule has 15 aromatic rings. The van der Waals surface area contributed by atoms with E-state index in [1.54, 1.807) is 92.9 Å². The highest BCUT2D eigenvalue weighted by molar-refractivity contribution is 7.27. The molecular weight excluding hydrogens is 1210 g/mol. The Morgan fingerprint density at radius 1 is 0.337 bits per heavy atom. The Balaban J connectivity index is 0.000000109. The third kappa shape index (κ3) is 12.6. The molecule has 0 amide bonds. The first kappa shape index (κ1) is 58.2. The summed E-state index contributed by atoms with van der Waals surface area (Å²) >= 11 is 23.8. The van der Waals surface area contributed by atoms with Gasteiger partial charge in [-0.2, -0.15) is 0 Å². The molecule has 0 unspecified atom stereocenters. The molecule has 17 heteroatoms. The molecule has 83 heavy (non-hydrogen) atoms. The number of thiazole rings is 5. The number of nitrogens with zero attached hydrogens (tertiary/aromatic N) is 5. The van der Waals surface area contributed by atoms with E-state index in [0.717, 1.165) is 78.9 Å². The van der Waals surface area contributed by atoms with Gasteiger partial charge in [0.15, 0.2) is 26.8 Å². The Hall–Kier alpha value is -6.63. The van der Waals surface area contributed by atoms with Gasteiger partial charge in [0, 0.05) is 10.4 Å². The zero-order chi connectivity index (χ0) is 58.2. The highest BCUT2D eigenvalue weighted by Gasteiger charge is 2.17. The minimum absolute atomic E-state index is 0.396.